The second-order valence-electron chi connectivity index (χ2n) is 3.61. The maximum Gasteiger partial charge on any atom is 0.270 e. The Bertz CT molecular complexity index is 514. The van der Waals surface area contributed by atoms with Crippen molar-refractivity contribution in [2.45, 2.75) is 24.5 Å². The molecule has 1 fully saturated rings. The summed E-state index contributed by atoms with van der Waals surface area (Å²) in [7, 11) is 0. The van der Waals surface area contributed by atoms with Crippen LogP contribution in [0.1, 0.15) is 6.23 Å². The number of ether oxygens (including phenoxy) is 1. The summed E-state index contributed by atoms with van der Waals surface area (Å²) < 4.78 is 6.24. The van der Waals surface area contributed by atoms with E-state index in [9.17, 15) is 15.0 Å². The highest BCUT2D eigenvalue weighted by atomic mass is 32.1. The molecule has 1 aromatic rings. The molecule has 1 aromatic heterocycles. The predicted octanol–water partition coefficient (Wildman–Crippen LogP) is -2.09. The Morgan fingerprint density at radius 3 is 2.76 bits per heavy atom. The van der Waals surface area contributed by atoms with Gasteiger partial charge in [0.05, 0.1) is 6.61 Å². The molecule has 0 bridgehead atoms. The van der Waals surface area contributed by atoms with Crippen LogP contribution >= 0.6 is 12.2 Å². The molecule has 17 heavy (non-hydrogen) atoms. The molecule has 94 valence electrons. The fourth-order valence-electron chi connectivity index (χ4n) is 1.63. The van der Waals surface area contributed by atoms with E-state index in [1.54, 1.807) is 0 Å². The van der Waals surface area contributed by atoms with Crippen LogP contribution in [-0.2, 0) is 4.74 Å². The van der Waals surface area contributed by atoms with Crippen LogP contribution in [0.3, 0.4) is 0 Å². The van der Waals surface area contributed by atoms with Gasteiger partial charge in [0.2, 0.25) is 0 Å². The zero-order valence-electron chi connectivity index (χ0n) is 8.55. The quantitative estimate of drug-likeness (QED) is 0.450. The third-order valence-electron chi connectivity index (χ3n) is 2.50. The number of aromatic amines is 1. The topological polar surface area (TPSA) is 121 Å². The van der Waals surface area contributed by atoms with E-state index in [4.69, 9.17) is 22.1 Å². The molecule has 0 spiro atoms. The maximum atomic E-state index is 10.9. The Hall–Kier alpha value is -1.13. The van der Waals surface area contributed by atoms with Crippen LogP contribution in [0.4, 0.5) is 0 Å². The highest BCUT2D eigenvalue weighted by Gasteiger charge is 2.43. The maximum absolute atomic E-state index is 10.9. The summed E-state index contributed by atoms with van der Waals surface area (Å²) >= 11 is 4.85. The van der Waals surface area contributed by atoms with Crippen molar-refractivity contribution in [2.24, 2.45) is 0 Å². The van der Waals surface area contributed by atoms with Crippen molar-refractivity contribution >= 4 is 12.2 Å². The fraction of sp³-hybridized carbons (Fsp3) is 0.625. The van der Waals surface area contributed by atoms with Gasteiger partial charge in [-0.25, -0.2) is 4.68 Å². The molecule has 0 radical (unpaired) electrons. The van der Waals surface area contributed by atoms with E-state index in [2.05, 4.69) is 10.1 Å². The number of aliphatic hydroxyl groups excluding tert-OH is 3. The summed E-state index contributed by atoms with van der Waals surface area (Å²) in [6, 6.07) is 0. The molecular weight excluding hydrogens is 250 g/mol. The van der Waals surface area contributed by atoms with Gasteiger partial charge in [-0.1, -0.05) is 0 Å². The molecule has 0 unspecified atom stereocenters. The monoisotopic (exact) mass is 261 g/mol. The van der Waals surface area contributed by atoms with E-state index >= 15 is 0 Å². The van der Waals surface area contributed by atoms with Crippen LogP contribution in [0.2, 0.25) is 0 Å². The van der Waals surface area contributed by atoms with Gasteiger partial charge in [-0.2, -0.15) is 5.10 Å². The standard InChI is InChI=1S/C8H11N3O5S/c12-2-3-5(14)6(15)7(16-3)11-8(17)10-4(13)1-9-11/h1,3,5-7,12,14-15H,2H2,(H,10,13,17)/t3-,5+,6-,7-/m1/s1. The Labute approximate surface area is 100 Å². The zero-order valence-corrected chi connectivity index (χ0v) is 9.37. The molecule has 1 aliphatic rings. The van der Waals surface area contributed by atoms with Crippen molar-refractivity contribution in [3.63, 3.8) is 0 Å². The first-order valence-electron chi connectivity index (χ1n) is 4.85. The smallest absolute Gasteiger partial charge is 0.270 e. The highest BCUT2D eigenvalue weighted by Crippen LogP contribution is 2.28. The minimum absolute atomic E-state index is 0.0349. The van der Waals surface area contributed by atoms with Crippen LogP contribution in [-0.4, -0.2) is 55.0 Å². The number of nitrogens with zero attached hydrogens (tertiary/aromatic N) is 2. The lowest BCUT2D eigenvalue weighted by molar-refractivity contribution is -0.0607. The average Bonchev–Trinajstić information content (AvgIpc) is 2.57. The number of nitrogens with one attached hydrogen (secondary N) is 1. The molecule has 8 nitrogen and oxygen atoms in total. The van der Waals surface area contributed by atoms with Crippen molar-refractivity contribution in [1.82, 2.24) is 14.8 Å². The number of aliphatic hydroxyl groups is 3. The number of hydrogen-bond acceptors (Lipinski definition) is 7. The first-order chi connectivity index (χ1) is 8.04. The number of H-pyrrole nitrogens is 1. The van der Waals surface area contributed by atoms with E-state index in [-0.39, 0.29) is 4.77 Å². The van der Waals surface area contributed by atoms with E-state index < -0.39 is 36.7 Å². The minimum Gasteiger partial charge on any atom is -0.394 e. The molecule has 0 aromatic carbocycles. The Morgan fingerprint density at radius 2 is 2.24 bits per heavy atom. The second-order valence-corrected chi connectivity index (χ2v) is 4.00. The number of aromatic nitrogens is 3. The lowest BCUT2D eigenvalue weighted by Crippen LogP contribution is -2.33. The Morgan fingerprint density at radius 1 is 1.53 bits per heavy atom. The summed E-state index contributed by atoms with van der Waals surface area (Å²) in [5.74, 6) is 0. The largest absolute Gasteiger partial charge is 0.394 e. The van der Waals surface area contributed by atoms with Crippen LogP contribution in [0.5, 0.6) is 0 Å². The van der Waals surface area contributed by atoms with Crippen molar-refractivity contribution in [2.75, 3.05) is 6.61 Å². The van der Waals surface area contributed by atoms with Gasteiger partial charge < -0.3 is 20.1 Å². The summed E-state index contributed by atoms with van der Waals surface area (Å²) in [5.41, 5.74) is -0.474. The van der Waals surface area contributed by atoms with Gasteiger partial charge in [0.25, 0.3) is 5.56 Å². The molecule has 1 saturated heterocycles. The zero-order chi connectivity index (χ0) is 12.6. The van der Waals surface area contributed by atoms with Crippen molar-refractivity contribution in [3.8, 4) is 0 Å². The summed E-state index contributed by atoms with van der Waals surface area (Å²) in [5, 5.41) is 31.9. The molecule has 2 rings (SSSR count). The summed E-state index contributed by atoms with van der Waals surface area (Å²) in [4.78, 5) is 13.2. The molecule has 0 amide bonds. The van der Waals surface area contributed by atoms with Crippen LogP contribution in [0.25, 0.3) is 0 Å². The Kier molecular flexibility index (Phi) is 3.35. The summed E-state index contributed by atoms with van der Waals surface area (Å²) in [6.07, 6.45) is -3.49. The predicted molar refractivity (Wildman–Crippen MR) is 56.7 cm³/mol. The second kappa shape index (κ2) is 4.63. The first kappa shape index (κ1) is 12.3. The van der Waals surface area contributed by atoms with E-state index in [0.717, 1.165) is 10.9 Å². The third-order valence-corrected chi connectivity index (χ3v) is 2.78. The summed E-state index contributed by atoms with van der Waals surface area (Å²) in [6.45, 7) is -0.439. The van der Waals surface area contributed by atoms with Gasteiger partial charge in [-0.3, -0.25) is 9.78 Å². The molecule has 1 aliphatic heterocycles. The first-order valence-corrected chi connectivity index (χ1v) is 5.26. The Balaban J connectivity index is 2.35. The normalized spacial score (nSPS) is 32.9. The highest BCUT2D eigenvalue weighted by molar-refractivity contribution is 7.71. The number of hydrogen-bond donors (Lipinski definition) is 4. The van der Waals surface area contributed by atoms with Crippen LogP contribution in [0.15, 0.2) is 11.0 Å². The van der Waals surface area contributed by atoms with Gasteiger partial charge >= 0.3 is 0 Å². The van der Waals surface area contributed by atoms with Gasteiger partial charge in [0.15, 0.2) is 11.0 Å². The molecule has 0 aliphatic carbocycles. The van der Waals surface area contributed by atoms with Crippen molar-refractivity contribution in [1.29, 1.82) is 0 Å². The van der Waals surface area contributed by atoms with E-state index in [0.29, 0.717) is 0 Å². The lowest BCUT2D eigenvalue weighted by atomic mass is 10.1. The van der Waals surface area contributed by atoms with E-state index in [1.165, 1.54) is 0 Å². The minimum atomic E-state index is -1.28. The molecule has 4 atom stereocenters. The van der Waals surface area contributed by atoms with Crippen molar-refractivity contribution in [3.05, 3.63) is 21.3 Å². The molecule has 0 saturated carbocycles. The number of rotatable bonds is 2. The third kappa shape index (κ3) is 2.15. The van der Waals surface area contributed by atoms with Crippen LogP contribution < -0.4 is 5.56 Å². The molecule has 4 N–H and O–H groups in total. The van der Waals surface area contributed by atoms with Crippen LogP contribution in [0, 0.1) is 4.77 Å². The fourth-order valence-corrected chi connectivity index (χ4v) is 1.88. The van der Waals surface area contributed by atoms with E-state index in [1.807, 2.05) is 0 Å². The molecular formula is C8H11N3O5S. The lowest BCUT2D eigenvalue weighted by Gasteiger charge is -2.16. The molecule has 9 heteroatoms. The van der Waals surface area contributed by atoms with Gasteiger partial charge in [-0.15, -0.1) is 0 Å². The van der Waals surface area contributed by atoms with Gasteiger partial charge in [0, 0.05) is 0 Å². The SMILES string of the molecule is O=c1cnn([C@@H]2O[C@H](CO)[C@H](O)[C@H]2O)c(=S)[nH]1. The molecule has 2 heterocycles. The average molecular weight is 261 g/mol. The van der Waals surface area contributed by atoms with Crippen molar-refractivity contribution < 1.29 is 20.1 Å². The van der Waals surface area contributed by atoms with Gasteiger partial charge in [-0.05, 0) is 12.2 Å². The van der Waals surface area contributed by atoms with Gasteiger partial charge in [0.1, 0.15) is 24.5 Å².